The molecule has 0 fully saturated rings. The molecule has 0 unspecified atom stereocenters. The summed E-state index contributed by atoms with van der Waals surface area (Å²) in [6.07, 6.45) is 0.854. The molecule has 0 saturated carbocycles. The van der Waals surface area contributed by atoms with Crippen molar-refractivity contribution in [2.45, 2.75) is 11.3 Å². The molecular weight excluding hydrogens is 308 g/mol. The largest absolute Gasteiger partial charge is 0.384 e. The summed E-state index contributed by atoms with van der Waals surface area (Å²) in [6.45, 7) is 0.857. The van der Waals surface area contributed by atoms with E-state index in [1.54, 1.807) is 18.2 Å². The fourth-order valence-electron chi connectivity index (χ4n) is 2.97. The van der Waals surface area contributed by atoms with Gasteiger partial charge >= 0.3 is 0 Å². The third-order valence-electron chi connectivity index (χ3n) is 4.13. The minimum absolute atomic E-state index is 0.299. The highest BCUT2D eigenvalue weighted by molar-refractivity contribution is 7.92. The third kappa shape index (κ3) is 2.53. The van der Waals surface area contributed by atoms with Crippen molar-refractivity contribution in [2.24, 2.45) is 0 Å². The van der Waals surface area contributed by atoms with Crippen molar-refractivity contribution in [3.8, 4) is 0 Å². The van der Waals surface area contributed by atoms with Crippen molar-refractivity contribution in [3.05, 3.63) is 66.2 Å². The van der Waals surface area contributed by atoms with Crippen LogP contribution in [0.3, 0.4) is 0 Å². The van der Waals surface area contributed by atoms with Gasteiger partial charge in [-0.1, -0.05) is 36.4 Å². The summed E-state index contributed by atoms with van der Waals surface area (Å²) in [5.74, 6) is 0. The molecule has 0 saturated heterocycles. The zero-order valence-electron chi connectivity index (χ0n) is 12.4. The number of rotatable bonds is 3. The quantitative estimate of drug-likeness (QED) is 0.774. The monoisotopic (exact) mass is 324 g/mol. The van der Waals surface area contributed by atoms with Crippen molar-refractivity contribution in [3.63, 3.8) is 0 Å². The molecule has 0 aromatic heterocycles. The van der Waals surface area contributed by atoms with Gasteiger partial charge in [0.25, 0.3) is 10.0 Å². The molecule has 1 heterocycles. The molecule has 116 valence electrons. The Bertz CT molecular complexity index is 992. The lowest BCUT2D eigenvalue weighted by Gasteiger charge is -2.11. The number of anilines is 2. The van der Waals surface area contributed by atoms with Gasteiger partial charge in [-0.05, 0) is 41.6 Å². The second kappa shape index (κ2) is 5.28. The second-order valence-corrected chi connectivity index (χ2v) is 7.31. The number of sulfonamides is 1. The molecule has 4 rings (SSSR count). The summed E-state index contributed by atoms with van der Waals surface area (Å²) >= 11 is 0. The fourth-order valence-corrected chi connectivity index (χ4v) is 4.10. The molecule has 3 aromatic carbocycles. The van der Waals surface area contributed by atoms with Crippen molar-refractivity contribution < 1.29 is 8.42 Å². The average Bonchev–Trinajstić information content (AvgIpc) is 3.02. The predicted molar refractivity (Wildman–Crippen MR) is 93.4 cm³/mol. The molecule has 0 amide bonds. The van der Waals surface area contributed by atoms with Gasteiger partial charge in [0.1, 0.15) is 0 Å². The Balaban J connectivity index is 1.74. The maximum absolute atomic E-state index is 12.7. The summed E-state index contributed by atoms with van der Waals surface area (Å²) in [5.41, 5.74) is 2.67. The smallest absolute Gasteiger partial charge is 0.261 e. The van der Waals surface area contributed by atoms with Crippen molar-refractivity contribution >= 4 is 32.2 Å². The first-order valence-corrected chi connectivity index (χ1v) is 8.99. The number of hydrogen-bond donors (Lipinski definition) is 2. The van der Waals surface area contributed by atoms with Crippen molar-refractivity contribution in [1.29, 1.82) is 0 Å². The van der Waals surface area contributed by atoms with Crippen LogP contribution in [0, 0.1) is 0 Å². The molecule has 3 aromatic rings. The molecule has 0 bridgehead atoms. The van der Waals surface area contributed by atoms with E-state index in [9.17, 15) is 8.42 Å². The highest BCUT2D eigenvalue weighted by atomic mass is 32.2. The average molecular weight is 324 g/mol. The zero-order chi connectivity index (χ0) is 15.9. The van der Waals surface area contributed by atoms with Crippen LogP contribution >= 0.6 is 0 Å². The highest BCUT2D eigenvalue weighted by Gasteiger charge is 2.19. The van der Waals surface area contributed by atoms with Gasteiger partial charge in [-0.2, -0.15) is 0 Å². The number of hydrogen-bond acceptors (Lipinski definition) is 3. The molecule has 2 N–H and O–H groups in total. The number of benzene rings is 3. The number of nitrogens with one attached hydrogen (secondary N) is 2. The molecular formula is C18H16N2O2S. The molecule has 0 radical (unpaired) electrons. The van der Waals surface area contributed by atoms with Gasteiger partial charge < -0.3 is 5.32 Å². The van der Waals surface area contributed by atoms with Gasteiger partial charge in [-0.3, -0.25) is 4.72 Å². The lowest BCUT2D eigenvalue weighted by Crippen LogP contribution is -2.13. The highest BCUT2D eigenvalue weighted by Crippen LogP contribution is 2.28. The molecule has 1 aliphatic rings. The lowest BCUT2D eigenvalue weighted by molar-refractivity contribution is 0.601. The summed E-state index contributed by atoms with van der Waals surface area (Å²) in [7, 11) is -3.60. The Morgan fingerprint density at radius 3 is 2.70 bits per heavy atom. The van der Waals surface area contributed by atoms with Gasteiger partial charge in [-0.25, -0.2) is 8.42 Å². The van der Waals surface area contributed by atoms with Crippen LogP contribution in [0.2, 0.25) is 0 Å². The van der Waals surface area contributed by atoms with E-state index in [2.05, 4.69) is 10.0 Å². The van der Waals surface area contributed by atoms with E-state index < -0.39 is 10.0 Å². The normalized spacial score (nSPS) is 13.6. The standard InChI is InChI=1S/C18H16N2O2S/c21-23(22,15-8-9-17-14(12-15)10-11-19-17)20-18-7-3-5-13-4-1-2-6-16(13)18/h1-9,12,19-20H,10-11H2. The van der Waals surface area contributed by atoms with Crippen LogP contribution in [-0.4, -0.2) is 15.0 Å². The lowest BCUT2D eigenvalue weighted by atomic mass is 10.1. The molecule has 0 atom stereocenters. The van der Waals surface area contributed by atoms with Crippen LogP contribution in [0.5, 0.6) is 0 Å². The van der Waals surface area contributed by atoms with Crippen LogP contribution in [0.1, 0.15) is 5.56 Å². The minimum Gasteiger partial charge on any atom is -0.384 e. The molecule has 0 aliphatic carbocycles. The molecule has 23 heavy (non-hydrogen) atoms. The van der Waals surface area contributed by atoms with Crippen LogP contribution in [0.4, 0.5) is 11.4 Å². The van der Waals surface area contributed by atoms with Crippen LogP contribution in [0.15, 0.2) is 65.6 Å². The van der Waals surface area contributed by atoms with E-state index in [4.69, 9.17) is 0 Å². The number of fused-ring (bicyclic) bond motifs is 2. The Hall–Kier alpha value is -2.53. The van der Waals surface area contributed by atoms with Crippen LogP contribution < -0.4 is 10.0 Å². The topological polar surface area (TPSA) is 58.2 Å². The first kappa shape index (κ1) is 14.1. The van der Waals surface area contributed by atoms with E-state index in [-0.39, 0.29) is 0 Å². The van der Waals surface area contributed by atoms with Crippen molar-refractivity contribution in [1.82, 2.24) is 0 Å². The van der Waals surface area contributed by atoms with Crippen molar-refractivity contribution in [2.75, 3.05) is 16.6 Å². The van der Waals surface area contributed by atoms with E-state index in [0.29, 0.717) is 10.6 Å². The summed E-state index contributed by atoms with van der Waals surface area (Å²) in [5, 5.41) is 5.13. The maximum atomic E-state index is 12.7. The predicted octanol–water partition coefficient (Wildman–Crippen LogP) is 3.61. The van der Waals surface area contributed by atoms with E-state index in [1.807, 2.05) is 42.5 Å². The van der Waals surface area contributed by atoms with Gasteiger partial charge in [0.05, 0.1) is 10.6 Å². The van der Waals surface area contributed by atoms with E-state index >= 15 is 0 Å². The SMILES string of the molecule is O=S(=O)(Nc1cccc2ccccc12)c1ccc2c(c1)CCN2. The van der Waals surface area contributed by atoms with E-state index in [0.717, 1.165) is 35.0 Å². The van der Waals surface area contributed by atoms with Gasteiger partial charge in [0.2, 0.25) is 0 Å². The molecule has 0 spiro atoms. The Labute approximate surface area is 135 Å². The zero-order valence-corrected chi connectivity index (χ0v) is 13.2. The minimum atomic E-state index is -3.60. The second-order valence-electron chi connectivity index (χ2n) is 5.63. The van der Waals surface area contributed by atoms with Crippen LogP contribution in [0.25, 0.3) is 10.8 Å². The Morgan fingerprint density at radius 2 is 1.78 bits per heavy atom. The first-order chi connectivity index (χ1) is 11.1. The maximum Gasteiger partial charge on any atom is 0.261 e. The Kier molecular flexibility index (Phi) is 3.23. The summed E-state index contributed by atoms with van der Waals surface area (Å²) in [6, 6.07) is 18.6. The third-order valence-corrected chi connectivity index (χ3v) is 5.49. The fraction of sp³-hybridized carbons (Fsp3) is 0.111. The molecule has 1 aliphatic heterocycles. The summed E-state index contributed by atoms with van der Waals surface area (Å²) in [4.78, 5) is 0.299. The Morgan fingerprint density at radius 1 is 0.957 bits per heavy atom. The van der Waals surface area contributed by atoms with Crippen LogP contribution in [-0.2, 0) is 16.4 Å². The van der Waals surface area contributed by atoms with Gasteiger partial charge in [-0.15, -0.1) is 0 Å². The summed E-state index contributed by atoms with van der Waals surface area (Å²) < 4.78 is 28.1. The first-order valence-electron chi connectivity index (χ1n) is 7.51. The molecule has 4 nitrogen and oxygen atoms in total. The molecule has 5 heteroatoms. The van der Waals surface area contributed by atoms with E-state index in [1.165, 1.54) is 0 Å². The van der Waals surface area contributed by atoms with Gasteiger partial charge in [0, 0.05) is 17.6 Å². The van der Waals surface area contributed by atoms with Gasteiger partial charge in [0.15, 0.2) is 0 Å².